The van der Waals surface area contributed by atoms with E-state index in [4.69, 9.17) is 23.1 Å². The Balaban J connectivity index is 1.70. The summed E-state index contributed by atoms with van der Waals surface area (Å²) in [5, 5.41) is 2.60. The summed E-state index contributed by atoms with van der Waals surface area (Å²) >= 11 is 6.86. The van der Waals surface area contributed by atoms with Gasteiger partial charge in [-0.15, -0.1) is 0 Å². The maximum absolute atomic E-state index is 13.1. The van der Waals surface area contributed by atoms with E-state index in [0.717, 1.165) is 23.7 Å². The summed E-state index contributed by atoms with van der Waals surface area (Å²) in [6.07, 6.45) is 2.82. The molecule has 2 heterocycles. The van der Waals surface area contributed by atoms with Crippen LogP contribution in [0.4, 0.5) is 15.3 Å². The molecule has 0 saturated carbocycles. The Morgan fingerprint density at radius 2 is 1.94 bits per heavy atom. The van der Waals surface area contributed by atoms with E-state index in [1.165, 1.54) is 12.3 Å². The molecule has 0 aliphatic rings. The molecule has 0 aliphatic carbocycles. The van der Waals surface area contributed by atoms with Gasteiger partial charge in [-0.2, -0.15) is 4.39 Å². The molecule has 0 radical (unpaired) electrons. The third kappa shape index (κ3) is 6.14. The lowest BCUT2D eigenvalue weighted by Gasteiger charge is -2.23. The van der Waals surface area contributed by atoms with E-state index in [-0.39, 0.29) is 27.0 Å². The fourth-order valence-corrected chi connectivity index (χ4v) is 5.14. The highest BCUT2D eigenvalue weighted by Crippen LogP contribution is 2.26. The summed E-state index contributed by atoms with van der Waals surface area (Å²) in [6, 6.07) is 9.09. The number of sulfonamides is 1. The van der Waals surface area contributed by atoms with Crippen LogP contribution in [-0.2, 0) is 23.0 Å². The molecule has 2 atom stereocenters. The van der Waals surface area contributed by atoms with E-state index >= 15 is 0 Å². The number of hydrogen-bond donors (Lipinski definition) is 4. The van der Waals surface area contributed by atoms with Crippen molar-refractivity contribution in [2.45, 2.75) is 30.8 Å². The first-order valence-corrected chi connectivity index (χ1v) is 12.4. The van der Waals surface area contributed by atoms with Crippen LogP contribution in [0.1, 0.15) is 18.1 Å². The third-order valence-electron chi connectivity index (χ3n) is 4.92. The van der Waals surface area contributed by atoms with Gasteiger partial charge in [-0.1, -0.05) is 47.2 Å². The second-order valence-corrected chi connectivity index (χ2v) is 10.3. The number of hydrogen-bond acceptors (Lipinski definition) is 8. The van der Waals surface area contributed by atoms with Crippen LogP contribution < -0.4 is 21.5 Å². The minimum absolute atomic E-state index is 0.0606. The lowest BCUT2D eigenvalue weighted by Crippen LogP contribution is -2.34. The first kappa shape index (κ1) is 24.3. The minimum atomic E-state index is -4.01. The molecule has 32 heavy (non-hydrogen) atoms. The van der Waals surface area contributed by atoms with Gasteiger partial charge in [0.2, 0.25) is 0 Å². The molecule has 0 spiro atoms. The fraction of sp³-hybridized carbons (Fsp3) is 0.300. The molecule has 3 rings (SSSR count). The highest BCUT2D eigenvalue weighted by molar-refractivity contribution is 7.93. The zero-order chi connectivity index (χ0) is 23.3. The number of rotatable bonds is 10. The third-order valence-corrected chi connectivity index (χ3v) is 7.35. The molecular weight excluding hydrogens is 475 g/mol. The molecule has 1 aromatic carbocycles. The van der Waals surface area contributed by atoms with E-state index in [2.05, 4.69) is 20.0 Å². The second-order valence-electron chi connectivity index (χ2n) is 7.25. The normalized spacial score (nSPS) is 13.5. The van der Waals surface area contributed by atoms with Crippen LogP contribution >= 0.6 is 22.9 Å². The van der Waals surface area contributed by atoms with Crippen LogP contribution in [0, 0.1) is 11.0 Å². The molecule has 0 amide bonds. The standard InChI is InChI=1S/C20H24ClFN6O2S2/c1-12(24)15(6-13-4-2-3-5-14(13)8-23)9-25-19-17(21)7-16(10-26-19)32(29,30)28-20-27-11-18(22)31-20/h2-5,7,10-12,15H,6,8-9,23-24H2,1H3,(H,25,26)(H,27,28)/t12-,15+/m1/s1. The van der Waals surface area contributed by atoms with Crippen LogP contribution in [0.3, 0.4) is 0 Å². The van der Waals surface area contributed by atoms with Crippen molar-refractivity contribution < 1.29 is 12.8 Å². The number of aromatic nitrogens is 2. The number of nitrogens with one attached hydrogen (secondary N) is 2. The number of nitrogens with two attached hydrogens (primary N) is 2. The van der Waals surface area contributed by atoms with Crippen molar-refractivity contribution >= 4 is 43.9 Å². The van der Waals surface area contributed by atoms with Gasteiger partial charge >= 0.3 is 0 Å². The van der Waals surface area contributed by atoms with Gasteiger partial charge in [-0.05, 0) is 36.5 Å². The van der Waals surface area contributed by atoms with Crippen LogP contribution in [0.25, 0.3) is 0 Å². The molecule has 8 nitrogen and oxygen atoms in total. The largest absolute Gasteiger partial charge is 0.368 e. The number of anilines is 2. The Bertz CT molecular complexity index is 1170. The summed E-state index contributed by atoms with van der Waals surface area (Å²) in [7, 11) is -4.01. The quantitative estimate of drug-likeness (QED) is 0.337. The van der Waals surface area contributed by atoms with Crippen molar-refractivity contribution in [3.8, 4) is 0 Å². The van der Waals surface area contributed by atoms with Crippen molar-refractivity contribution in [2.24, 2.45) is 17.4 Å². The monoisotopic (exact) mass is 498 g/mol. The van der Waals surface area contributed by atoms with Crippen LogP contribution in [0.15, 0.2) is 47.6 Å². The Morgan fingerprint density at radius 3 is 2.53 bits per heavy atom. The van der Waals surface area contributed by atoms with Crippen molar-refractivity contribution in [1.29, 1.82) is 0 Å². The summed E-state index contributed by atoms with van der Waals surface area (Å²) in [6.45, 7) is 2.85. The van der Waals surface area contributed by atoms with E-state index in [1.807, 2.05) is 31.2 Å². The maximum Gasteiger partial charge on any atom is 0.265 e. The molecule has 3 aromatic rings. The number of halogens is 2. The average Bonchev–Trinajstić information content (AvgIpc) is 3.15. The highest BCUT2D eigenvalue weighted by Gasteiger charge is 2.20. The molecule has 0 fully saturated rings. The first-order valence-electron chi connectivity index (χ1n) is 9.75. The van der Waals surface area contributed by atoms with Gasteiger partial charge in [0.15, 0.2) is 10.3 Å². The zero-order valence-electron chi connectivity index (χ0n) is 17.3. The Kier molecular flexibility index (Phi) is 8.01. The van der Waals surface area contributed by atoms with E-state index in [1.54, 1.807) is 0 Å². The second kappa shape index (κ2) is 10.5. The molecule has 6 N–H and O–H groups in total. The van der Waals surface area contributed by atoms with Gasteiger partial charge < -0.3 is 16.8 Å². The van der Waals surface area contributed by atoms with Crippen molar-refractivity contribution in [1.82, 2.24) is 9.97 Å². The minimum Gasteiger partial charge on any atom is -0.368 e. The Labute approximate surface area is 195 Å². The number of pyridine rings is 1. The van der Waals surface area contributed by atoms with Crippen LogP contribution in [0.5, 0.6) is 0 Å². The number of nitrogens with zero attached hydrogens (tertiary/aromatic N) is 2. The van der Waals surface area contributed by atoms with Crippen molar-refractivity contribution in [3.63, 3.8) is 0 Å². The van der Waals surface area contributed by atoms with Gasteiger partial charge in [0.05, 0.1) is 11.2 Å². The molecule has 172 valence electrons. The summed E-state index contributed by atoms with van der Waals surface area (Å²) < 4.78 is 40.2. The fourth-order valence-electron chi connectivity index (χ4n) is 3.08. The van der Waals surface area contributed by atoms with Crippen molar-refractivity contribution in [3.05, 3.63) is 64.0 Å². The van der Waals surface area contributed by atoms with Crippen molar-refractivity contribution in [2.75, 3.05) is 16.6 Å². The smallest absolute Gasteiger partial charge is 0.265 e. The highest BCUT2D eigenvalue weighted by atomic mass is 35.5. The lowest BCUT2D eigenvalue weighted by molar-refractivity contribution is 0.460. The van der Waals surface area contributed by atoms with Gasteiger partial charge in [-0.3, -0.25) is 4.72 Å². The van der Waals surface area contributed by atoms with E-state index in [9.17, 15) is 12.8 Å². The summed E-state index contributed by atoms with van der Waals surface area (Å²) in [5.41, 5.74) is 14.2. The zero-order valence-corrected chi connectivity index (χ0v) is 19.6. The van der Waals surface area contributed by atoms with Gasteiger partial charge in [-0.25, -0.2) is 18.4 Å². The molecule has 2 aromatic heterocycles. The molecule has 0 unspecified atom stereocenters. The predicted molar refractivity (Wildman–Crippen MR) is 126 cm³/mol. The van der Waals surface area contributed by atoms with Gasteiger partial charge in [0.1, 0.15) is 10.7 Å². The van der Waals surface area contributed by atoms with Gasteiger partial charge in [0, 0.05) is 25.3 Å². The average molecular weight is 499 g/mol. The Morgan fingerprint density at radius 1 is 1.22 bits per heavy atom. The molecule has 0 aliphatic heterocycles. The van der Waals surface area contributed by atoms with Gasteiger partial charge in [0.25, 0.3) is 10.0 Å². The summed E-state index contributed by atoms with van der Waals surface area (Å²) in [4.78, 5) is 7.63. The predicted octanol–water partition coefficient (Wildman–Crippen LogP) is 3.21. The SMILES string of the molecule is C[C@@H](N)[C@H](CNc1ncc(S(=O)(=O)Nc2ncc(F)s2)cc1Cl)Cc1ccccc1CN. The molecule has 12 heteroatoms. The first-order chi connectivity index (χ1) is 15.2. The van der Waals surface area contributed by atoms with E-state index in [0.29, 0.717) is 30.2 Å². The lowest BCUT2D eigenvalue weighted by atomic mass is 9.91. The Hall–Kier alpha value is -2.31. The van der Waals surface area contributed by atoms with Crippen LogP contribution in [-0.4, -0.2) is 31.0 Å². The molecular formula is C20H24ClFN6O2S2. The van der Waals surface area contributed by atoms with E-state index < -0.39 is 15.2 Å². The molecule has 0 saturated heterocycles. The number of thiazole rings is 1. The topological polar surface area (TPSA) is 136 Å². The van der Waals surface area contributed by atoms with Crippen LogP contribution in [0.2, 0.25) is 5.02 Å². The molecule has 0 bridgehead atoms. The number of benzene rings is 1. The summed E-state index contributed by atoms with van der Waals surface area (Å²) in [5.74, 6) is 0.397. The maximum atomic E-state index is 13.1.